The number of hydrogen-bond acceptors (Lipinski definition) is 5. The summed E-state index contributed by atoms with van der Waals surface area (Å²) in [4.78, 5) is 16.7. The van der Waals surface area contributed by atoms with Gasteiger partial charge in [-0.3, -0.25) is 10.1 Å². The second-order valence-electron chi connectivity index (χ2n) is 6.79. The third kappa shape index (κ3) is 3.57. The Labute approximate surface area is 181 Å². The Hall–Kier alpha value is -3.91. The highest BCUT2D eigenvalue weighted by atomic mass is 35.5. The van der Waals surface area contributed by atoms with Crippen LogP contribution in [0, 0.1) is 5.82 Å². The zero-order valence-corrected chi connectivity index (χ0v) is 16.7. The molecule has 3 heterocycles. The van der Waals surface area contributed by atoms with E-state index in [0.29, 0.717) is 11.6 Å². The number of nitrogens with one attached hydrogen (secondary N) is 2. The molecule has 1 aliphatic heterocycles. The fourth-order valence-corrected chi connectivity index (χ4v) is 3.68. The number of halogens is 2. The van der Waals surface area contributed by atoms with Crippen LogP contribution in [-0.2, 0) is 0 Å². The standard InChI is InChI=1S/C22H15ClFN5O2/c23-14-8-4-9-15(24)19(14)17-12-16(13-6-2-1-3-7-13)25-22-27-21(28-29(17)22)26-20(30)18-10-5-11-31-18/h1-12,17H,(H2,25,26,27,28,30)/t17-/m0/s1. The molecule has 31 heavy (non-hydrogen) atoms. The van der Waals surface area contributed by atoms with Crippen LogP contribution in [-0.4, -0.2) is 20.7 Å². The molecule has 2 N–H and O–H groups in total. The zero-order chi connectivity index (χ0) is 21.4. The number of carbonyl (C=O) groups is 1. The van der Waals surface area contributed by atoms with E-state index in [9.17, 15) is 9.18 Å². The minimum atomic E-state index is -0.679. The smallest absolute Gasteiger partial charge is 0.293 e. The lowest BCUT2D eigenvalue weighted by molar-refractivity contribution is 0.0995. The minimum absolute atomic E-state index is 0.0454. The fraction of sp³-hybridized carbons (Fsp3) is 0.0455. The third-order valence-electron chi connectivity index (χ3n) is 4.82. The molecule has 1 atom stereocenters. The fourth-order valence-electron chi connectivity index (χ4n) is 3.40. The molecule has 0 radical (unpaired) electrons. The van der Waals surface area contributed by atoms with Crippen molar-refractivity contribution in [1.82, 2.24) is 14.8 Å². The van der Waals surface area contributed by atoms with Gasteiger partial charge in [0.25, 0.3) is 11.9 Å². The Morgan fingerprint density at radius 3 is 2.71 bits per heavy atom. The van der Waals surface area contributed by atoms with Crippen LogP contribution in [0.3, 0.4) is 0 Å². The molecule has 0 bridgehead atoms. The minimum Gasteiger partial charge on any atom is -0.459 e. The van der Waals surface area contributed by atoms with Crippen LogP contribution >= 0.6 is 11.6 Å². The number of fused-ring (bicyclic) bond motifs is 1. The number of amides is 1. The van der Waals surface area contributed by atoms with Gasteiger partial charge in [-0.15, -0.1) is 5.10 Å². The van der Waals surface area contributed by atoms with Crippen LogP contribution in [0.2, 0.25) is 5.02 Å². The molecule has 5 rings (SSSR count). The molecular formula is C22H15ClFN5O2. The quantitative estimate of drug-likeness (QED) is 0.472. The molecule has 0 unspecified atom stereocenters. The Bertz CT molecular complexity index is 1260. The molecule has 1 amide bonds. The Balaban J connectivity index is 1.58. The van der Waals surface area contributed by atoms with Crippen LogP contribution in [0.25, 0.3) is 5.70 Å². The molecule has 1 aliphatic rings. The van der Waals surface area contributed by atoms with Crippen molar-refractivity contribution >= 4 is 35.1 Å². The van der Waals surface area contributed by atoms with E-state index in [1.165, 1.54) is 23.1 Å². The number of allylic oxidation sites excluding steroid dienone is 1. The van der Waals surface area contributed by atoms with Gasteiger partial charge >= 0.3 is 0 Å². The first kappa shape index (κ1) is 19.1. The van der Waals surface area contributed by atoms with E-state index in [1.54, 1.807) is 18.2 Å². The maximum atomic E-state index is 14.8. The lowest BCUT2D eigenvalue weighted by atomic mass is 10.0. The van der Waals surface area contributed by atoms with Crippen LogP contribution in [0.4, 0.5) is 16.3 Å². The van der Waals surface area contributed by atoms with E-state index in [1.807, 2.05) is 36.4 Å². The summed E-state index contributed by atoms with van der Waals surface area (Å²) in [5, 5.41) is 10.4. The molecule has 2 aromatic carbocycles. The highest BCUT2D eigenvalue weighted by Crippen LogP contribution is 2.37. The highest BCUT2D eigenvalue weighted by Gasteiger charge is 2.29. The van der Waals surface area contributed by atoms with E-state index in [-0.39, 0.29) is 22.3 Å². The summed E-state index contributed by atoms with van der Waals surface area (Å²) >= 11 is 6.35. The van der Waals surface area contributed by atoms with Gasteiger partial charge in [-0.2, -0.15) is 4.98 Å². The van der Waals surface area contributed by atoms with Crippen molar-refractivity contribution in [3.05, 3.63) is 101 Å². The molecule has 9 heteroatoms. The lowest BCUT2D eigenvalue weighted by Gasteiger charge is -2.25. The second kappa shape index (κ2) is 7.73. The maximum absolute atomic E-state index is 14.8. The molecule has 0 saturated carbocycles. The van der Waals surface area contributed by atoms with Gasteiger partial charge < -0.3 is 9.73 Å². The molecule has 154 valence electrons. The highest BCUT2D eigenvalue weighted by molar-refractivity contribution is 6.31. The maximum Gasteiger partial charge on any atom is 0.293 e. The van der Waals surface area contributed by atoms with Gasteiger partial charge in [0.05, 0.1) is 6.26 Å². The topological polar surface area (TPSA) is 85.0 Å². The summed E-state index contributed by atoms with van der Waals surface area (Å²) in [7, 11) is 0. The lowest BCUT2D eigenvalue weighted by Crippen LogP contribution is -2.21. The van der Waals surface area contributed by atoms with Gasteiger partial charge in [-0.05, 0) is 35.9 Å². The molecule has 0 spiro atoms. The van der Waals surface area contributed by atoms with Crippen molar-refractivity contribution < 1.29 is 13.6 Å². The summed E-state index contributed by atoms with van der Waals surface area (Å²) in [5.74, 6) is -0.461. The first-order valence-electron chi connectivity index (χ1n) is 9.40. The molecule has 0 aliphatic carbocycles. The number of rotatable bonds is 4. The molecule has 7 nitrogen and oxygen atoms in total. The second-order valence-corrected chi connectivity index (χ2v) is 7.19. The average molecular weight is 436 g/mol. The van der Waals surface area contributed by atoms with E-state index >= 15 is 0 Å². The normalized spacial score (nSPS) is 15.0. The van der Waals surface area contributed by atoms with Crippen molar-refractivity contribution in [2.75, 3.05) is 10.6 Å². The Morgan fingerprint density at radius 1 is 1.13 bits per heavy atom. The van der Waals surface area contributed by atoms with Crippen molar-refractivity contribution in [3.63, 3.8) is 0 Å². The van der Waals surface area contributed by atoms with Gasteiger partial charge in [-0.1, -0.05) is 48.0 Å². The van der Waals surface area contributed by atoms with E-state index in [4.69, 9.17) is 16.0 Å². The summed E-state index contributed by atoms with van der Waals surface area (Å²) in [6, 6.07) is 16.5. The van der Waals surface area contributed by atoms with Gasteiger partial charge in [0, 0.05) is 16.3 Å². The molecule has 0 fully saturated rings. The average Bonchev–Trinajstić information content (AvgIpc) is 3.44. The van der Waals surface area contributed by atoms with Crippen LogP contribution < -0.4 is 10.6 Å². The van der Waals surface area contributed by atoms with Gasteiger partial charge in [0.2, 0.25) is 5.95 Å². The number of furan rings is 1. The first-order valence-corrected chi connectivity index (χ1v) is 9.77. The number of benzene rings is 2. The van der Waals surface area contributed by atoms with Crippen molar-refractivity contribution in [2.24, 2.45) is 0 Å². The summed E-state index contributed by atoms with van der Waals surface area (Å²) in [6.45, 7) is 0. The molecule has 2 aromatic heterocycles. The summed E-state index contributed by atoms with van der Waals surface area (Å²) in [6.07, 6.45) is 3.22. The number of anilines is 2. The third-order valence-corrected chi connectivity index (χ3v) is 5.15. The zero-order valence-electron chi connectivity index (χ0n) is 15.9. The predicted octanol–water partition coefficient (Wildman–Crippen LogP) is 4.97. The monoisotopic (exact) mass is 435 g/mol. The largest absolute Gasteiger partial charge is 0.459 e. The van der Waals surface area contributed by atoms with E-state index in [2.05, 4.69) is 20.7 Å². The molecular weight excluding hydrogens is 421 g/mol. The summed E-state index contributed by atoms with van der Waals surface area (Å²) in [5.41, 5.74) is 1.86. The van der Waals surface area contributed by atoms with Gasteiger partial charge in [0.1, 0.15) is 11.9 Å². The molecule has 4 aromatic rings. The van der Waals surface area contributed by atoms with Crippen molar-refractivity contribution in [1.29, 1.82) is 0 Å². The first-order chi connectivity index (χ1) is 15.1. The Kier molecular flexibility index (Phi) is 4.76. The molecule has 0 saturated heterocycles. The van der Waals surface area contributed by atoms with Crippen molar-refractivity contribution in [2.45, 2.75) is 6.04 Å². The number of carbonyl (C=O) groups excluding carboxylic acids is 1. The van der Waals surface area contributed by atoms with E-state index in [0.717, 1.165) is 5.56 Å². The van der Waals surface area contributed by atoms with E-state index < -0.39 is 17.8 Å². The van der Waals surface area contributed by atoms with Gasteiger partial charge in [0.15, 0.2) is 5.76 Å². The predicted molar refractivity (Wildman–Crippen MR) is 114 cm³/mol. The van der Waals surface area contributed by atoms with Crippen LogP contribution in [0.15, 0.2) is 77.4 Å². The number of hydrogen-bond donors (Lipinski definition) is 2. The summed E-state index contributed by atoms with van der Waals surface area (Å²) < 4.78 is 21.4. The number of nitrogens with zero attached hydrogens (tertiary/aromatic N) is 3. The Morgan fingerprint density at radius 2 is 1.97 bits per heavy atom. The van der Waals surface area contributed by atoms with Crippen LogP contribution in [0.1, 0.15) is 27.7 Å². The number of aromatic nitrogens is 3. The van der Waals surface area contributed by atoms with Crippen LogP contribution in [0.5, 0.6) is 0 Å². The van der Waals surface area contributed by atoms with Gasteiger partial charge in [-0.25, -0.2) is 9.07 Å². The SMILES string of the molecule is O=C(Nc1nc2n(n1)[C@H](c1c(F)cccc1Cl)C=C(c1ccccc1)N2)c1ccco1. The van der Waals surface area contributed by atoms with Crippen molar-refractivity contribution in [3.8, 4) is 0 Å².